The van der Waals surface area contributed by atoms with Crippen molar-refractivity contribution in [2.75, 3.05) is 25.6 Å². The number of aliphatic imine (C=N–C) groups is 1. The predicted octanol–water partition coefficient (Wildman–Crippen LogP) is 2.93. The smallest absolute Gasteiger partial charge is 0.193 e. The summed E-state index contributed by atoms with van der Waals surface area (Å²) >= 11 is 0. The van der Waals surface area contributed by atoms with Crippen molar-refractivity contribution >= 4 is 11.6 Å². The molecule has 4 heteroatoms. The summed E-state index contributed by atoms with van der Waals surface area (Å²) in [6.07, 6.45) is 4.84. The number of hydrogen-bond donors (Lipinski definition) is 2. The van der Waals surface area contributed by atoms with Crippen LogP contribution in [0.15, 0.2) is 29.3 Å². The topological polar surface area (TPSA) is 59.6 Å². The molecule has 0 amide bonds. The molecule has 20 heavy (non-hydrogen) atoms. The monoisotopic (exact) mass is 275 g/mol. The number of nitrogens with zero attached hydrogens (tertiary/aromatic N) is 1. The van der Waals surface area contributed by atoms with E-state index < -0.39 is 0 Å². The Kier molecular flexibility index (Phi) is 5.01. The summed E-state index contributed by atoms with van der Waals surface area (Å²) < 4.78 is 5.19. The molecule has 1 fully saturated rings. The third kappa shape index (κ3) is 3.97. The molecule has 0 unspecified atom stereocenters. The molecule has 110 valence electrons. The Bertz CT molecular complexity index is 449. The molecule has 0 spiro atoms. The van der Waals surface area contributed by atoms with Gasteiger partial charge in [-0.15, -0.1) is 0 Å². The average Bonchev–Trinajstić information content (AvgIpc) is 2.40. The molecule has 0 saturated heterocycles. The summed E-state index contributed by atoms with van der Waals surface area (Å²) in [5, 5.41) is 3.14. The number of nitrogens with one attached hydrogen (secondary N) is 1. The average molecular weight is 275 g/mol. The number of aryl methyl sites for hydroxylation is 1. The minimum absolute atomic E-state index is 0.315. The van der Waals surface area contributed by atoms with Gasteiger partial charge in [-0.05, 0) is 43.7 Å². The zero-order valence-corrected chi connectivity index (χ0v) is 12.5. The number of benzene rings is 1. The van der Waals surface area contributed by atoms with Gasteiger partial charge in [-0.3, -0.25) is 4.99 Å². The van der Waals surface area contributed by atoms with Crippen molar-refractivity contribution in [2.45, 2.75) is 32.6 Å². The molecule has 0 radical (unpaired) electrons. The minimum Gasteiger partial charge on any atom is -0.385 e. The molecule has 0 heterocycles. The molecule has 1 aliphatic carbocycles. The van der Waals surface area contributed by atoms with Gasteiger partial charge in [-0.2, -0.15) is 0 Å². The lowest BCUT2D eigenvalue weighted by molar-refractivity contribution is 0.0780. The largest absolute Gasteiger partial charge is 0.385 e. The Hall–Kier alpha value is -1.55. The van der Waals surface area contributed by atoms with Crippen LogP contribution in [0.2, 0.25) is 0 Å². The molecular formula is C16H25N3O. The Balaban J connectivity index is 1.88. The van der Waals surface area contributed by atoms with E-state index in [1.807, 2.05) is 12.1 Å². The fraction of sp³-hybridized carbons (Fsp3) is 0.562. The summed E-state index contributed by atoms with van der Waals surface area (Å²) in [4.78, 5) is 4.52. The van der Waals surface area contributed by atoms with Crippen LogP contribution in [0.4, 0.5) is 5.69 Å². The molecule has 1 saturated carbocycles. The lowest BCUT2D eigenvalue weighted by atomic mass is 9.67. The van der Waals surface area contributed by atoms with Gasteiger partial charge >= 0.3 is 0 Å². The van der Waals surface area contributed by atoms with E-state index in [4.69, 9.17) is 10.5 Å². The molecule has 2 rings (SSSR count). The number of methoxy groups -OCH3 is 1. The first kappa shape index (κ1) is 14.9. The second-order valence-corrected chi connectivity index (χ2v) is 5.79. The fourth-order valence-corrected chi connectivity index (χ4v) is 2.56. The summed E-state index contributed by atoms with van der Waals surface area (Å²) in [6, 6.07) is 8.15. The van der Waals surface area contributed by atoms with Gasteiger partial charge in [0.1, 0.15) is 0 Å². The Morgan fingerprint density at radius 2 is 2.05 bits per heavy atom. The van der Waals surface area contributed by atoms with Crippen molar-refractivity contribution < 1.29 is 4.74 Å². The van der Waals surface area contributed by atoms with Gasteiger partial charge in [0.05, 0.1) is 0 Å². The normalized spacial score (nSPS) is 17.6. The van der Waals surface area contributed by atoms with Crippen LogP contribution in [0.1, 0.15) is 31.2 Å². The maximum absolute atomic E-state index is 5.97. The van der Waals surface area contributed by atoms with Gasteiger partial charge in [0.25, 0.3) is 0 Å². The van der Waals surface area contributed by atoms with Gasteiger partial charge in [-0.1, -0.05) is 24.1 Å². The number of anilines is 1. The van der Waals surface area contributed by atoms with Crippen molar-refractivity contribution in [1.29, 1.82) is 0 Å². The van der Waals surface area contributed by atoms with Crippen LogP contribution in [0, 0.1) is 12.3 Å². The van der Waals surface area contributed by atoms with Crippen LogP contribution in [-0.2, 0) is 4.74 Å². The van der Waals surface area contributed by atoms with E-state index in [1.165, 1.54) is 24.8 Å². The highest BCUT2D eigenvalue weighted by Gasteiger charge is 2.36. The van der Waals surface area contributed by atoms with Crippen LogP contribution in [0.3, 0.4) is 0 Å². The van der Waals surface area contributed by atoms with E-state index >= 15 is 0 Å². The van der Waals surface area contributed by atoms with Gasteiger partial charge in [0.15, 0.2) is 5.96 Å². The summed E-state index contributed by atoms with van der Waals surface area (Å²) in [5.74, 6) is 0.498. The van der Waals surface area contributed by atoms with Crippen molar-refractivity contribution in [3.63, 3.8) is 0 Å². The highest BCUT2D eigenvalue weighted by Crippen LogP contribution is 2.44. The van der Waals surface area contributed by atoms with E-state index in [9.17, 15) is 0 Å². The Morgan fingerprint density at radius 3 is 2.60 bits per heavy atom. The lowest BCUT2D eigenvalue weighted by Crippen LogP contribution is -2.35. The number of guanidine groups is 1. The van der Waals surface area contributed by atoms with Crippen molar-refractivity contribution in [2.24, 2.45) is 16.1 Å². The molecule has 0 atom stereocenters. The number of rotatable bonds is 6. The minimum atomic E-state index is 0.315. The maximum atomic E-state index is 5.97. The molecule has 4 nitrogen and oxygen atoms in total. The predicted molar refractivity (Wildman–Crippen MR) is 84.1 cm³/mol. The fourth-order valence-electron chi connectivity index (χ4n) is 2.56. The molecule has 1 aromatic carbocycles. The first-order valence-corrected chi connectivity index (χ1v) is 7.26. The summed E-state index contributed by atoms with van der Waals surface area (Å²) in [7, 11) is 1.75. The molecule has 0 aromatic heterocycles. The standard InChI is InChI=1S/C16H25N3O/c1-13-4-6-14(7-5-13)19-15(17)18-12-16(8-3-9-16)10-11-20-2/h4-7H,3,8-12H2,1-2H3,(H3,17,18,19). The van der Waals surface area contributed by atoms with Crippen LogP contribution in [0.25, 0.3) is 0 Å². The van der Waals surface area contributed by atoms with Gasteiger partial charge in [-0.25, -0.2) is 0 Å². The third-order valence-corrected chi connectivity index (χ3v) is 4.16. The molecule has 1 aromatic rings. The summed E-state index contributed by atoms with van der Waals surface area (Å²) in [5.41, 5.74) is 8.50. The van der Waals surface area contributed by atoms with E-state index in [-0.39, 0.29) is 0 Å². The SMILES string of the molecule is COCCC1(CN=C(N)Nc2ccc(C)cc2)CCC1. The zero-order chi connectivity index (χ0) is 14.4. The van der Waals surface area contributed by atoms with E-state index in [0.29, 0.717) is 11.4 Å². The van der Waals surface area contributed by atoms with E-state index in [1.54, 1.807) is 7.11 Å². The second kappa shape index (κ2) is 6.75. The molecular weight excluding hydrogens is 250 g/mol. The summed E-state index contributed by atoms with van der Waals surface area (Å²) in [6.45, 7) is 3.67. The lowest BCUT2D eigenvalue weighted by Gasteiger charge is -2.40. The van der Waals surface area contributed by atoms with Crippen LogP contribution in [-0.4, -0.2) is 26.2 Å². The number of ether oxygens (including phenoxy) is 1. The quantitative estimate of drug-likeness (QED) is 0.620. The Morgan fingerprint density at radius 1 is 1.35 bits per heavy atom. The number of nitrogens with two attached hydrogens (primary N) is 1. The highest BCUT2D eigenvalue weighted by molar-refractivity contribution is 5.92. The molecule has 1 aliphatic rings. The van der Waals surface area contributed by atoms with Crippen molar-refractivity contribution in [3.8, 4) is 0 Å². The van der Waals surface area contributed by atoms with Crippen LogP contribution >= 0.6 is 0 Å². The Labute approximate surface area is 121 Å². The molecule has 3 N–H and O–H groups in total. The zero-order valence-electron chi connectivity index (χ0n) is 12.5. The van der Waals surface area contributed by atoms with Crippen LogP contribution < -0.4 is 11.1 Å². The van der Waals surface area contributed by atoms with Gasteiger partial charge in [0.2, 0.25) is 0 Å². The van der Waals surface area contributed by atoms with Gasteiger partial charge < -0.3 is 15.8 Å². The highest BCUT2D eigenvalue weighted by atomic mass is 16.5. The van der Waals surface area contributed by atoms with Crippen LogP contribution in [0.5, 0.6) is 0 Å². The maximum Gasteiger partial charge on any atom is 0.193 e. The van der Waals surface area contributed by atoms with E-state index in [0.717, 1.165) is 25.3 Å². The molecule has 0 aliphatic heterocycles. The van der Waals surface area contributed by atoms with Crippen molar-refractivity contribution in [3.05, 3.63) is 29.8 Å². The van der Waals surface area contributed by atoms with Crippen molar-refractivity contribution in [1.82, 2.24) is 0 Å². The first-order valence-electron chi connectivity index (χ1n) is 7.26. The third-order valence-electron chi connectivity index (χ3n) is 4.16. The van der Waals surface area contributed by atoms with E-state index in [2.05, 4.69) is 29.4 Å². The number of hydrogen-bond acceptors (Lipinski definition) is 2. The van der Waals surface area contributed by atoms with Gasteiger partial charge in [0, 0.05) is 25.9 Å². The molecule has 0 bridgehead atoms. The first-order chi connectivity index (χ1) is 9.63. The second-order valence-electron chi connectivity index (χ2n) is 5.79.